The minimum Gasteiger partial charge on any atom is -0.438 e. The van der Waals surface area contributed by atoms with Gasteiger partial charge in [0.1, 0.15) is 6.26 Å². The monoisotopic (exact) mass is 208 g/mol. The summed E-state index contributed by atoms with van der Waals surface area (Å²) in [6.45, 7) is 0. The zero-order valence-corrected chi connectivity index (χ0v) is 5.57. The fraction of sp³-hybridized carbons (Fsp3) is 0. The molecule has 0 aliphatic heterocycles. The number of hydrogen-bond donors (Lipinski definition) is 1. The van der Waals surface area contributed by atoms with Crippen LogP contribution in [0, 0.1) is 4.84 Å². The van der Waals surface area contributed by atoms with E-state index in [1.165, 1.54) is 6.26 Å². The summed E-state index contributed by atoms with van der Waals surface area (Å²) < 4.78 is 4.59. The fourth-order valence-corrected chi connectivity index (χ4v) is 0.355. The van der Waals surface area contributed by atoms with Gasteiger partial charge in [0.05, 0.1) is 0 Å². The van der Waals surface area contributed by atoms with Crippen LogP contribution in [-0.4, -0.2) is 4.98 Å². The first-order valence-electron chi connectivity index (χ1n) is 1.52. The molecule has 1 N–H and O–H groups in total. The second-order valence-electron chi connectivity index (χ2n) is 0.852. The van der Waals surface area contributed by atoms with Gasteiger partial charge in [-0.15, -0.1) is 0 Å². The standard InChI is InChI=1S/C3H3NOS.Ag/c6-3-4-1-2-5-3;/h1-2H,(H,4,6);. The molecule has 0 bridgehead atoms. The van der Waals surface area contributed by atoms with E-state index in [-0.39, 0.29) is 22.4 Å². The average molecular weight is 209 g/mol. The van der Waals surface area contributed by atoms with Crippen LogP contribution < -0.4 is 0 Å². The fourth-order valence-electron chi connectivity index (χ4n) is 0.232. The van der Waals surface area contributed by atoms with Crippen LogP contribution in [0.1, 0.15) is 0 Å². The average Bonchev–Trinajstić information content (AvgIpc) is 1.86. The second kappa shape index (κ2) is 3.21. The van der Waals surface area contributed by atoms with Gasteiger partial charge in [0.15, 0.2) is 0 Å². The van der Waals surface area contributed by atoms with Gasteiger partial charge in [-0.2, -0.15) is 0 Å². The van der Waals surface area contributed by atoms with Gasteiger partial charge in [0.25, 0.3) is 4.84 Å². The van der Waals surface area contributed by atoms with Crippen LogP contribution in [0.2, 0.25) is 0 Å². The number of rotatable bonds is 0. The number of aromatic nitrogens is 1. The van der Waals surface area contributed by atoms with Gasteiger partial charge >= 0.3 is 0 Å². The molecule has 0 spiro atoms. The van der Waals surface area contributed by atoms with E-state index < -0.39 is 0 Å². The summed E-state index contributed by atoms with van der Waals surface area (Å²) in [4.78, 5) is 3.07. The smallest absolute Gasteiger partial charge is 0.265 e. The zero-order chi connectivity index (χ0) is 4.41. The molecule has 0 aliphatic rings. The van der Waals surface area contributed by atoms with Crippen molar-refractivity contribution >= 4 is 12.2 Å². The predicted molar refractivity (Wildman–Crippen MR) is 23.9 cm³/mol. The topological polar surface area (TPSA) is 28.9 Å². The van der Waals surface area contributed by atoms with Crippen LogP contribution in [-0.2, 0) is 22.4 Å². The Labute approximate surface area is 61.4 Å². The Morgan fingerprint density at radius 3 is 2.57 bits per heavy atom. The number of H-pyrrole nitrogens is 1. The van der Waals surface area contributed by atoms with Gasteiger partial charge in [-0.25, -0.2) is 0 Å². The van der Waals surface area contributed by atoms with E-state index in [1.54, 1.807) is 6.20 Å². The van der Waals surface area contributed by atoms with Crippen molar-refractivity contribution < 1.29 is 26.8 Å². The molecule has 0 aromatic carbocycles. The summed E-state index contributed by atoms with van der Waals surface area (Å²) in [5.41, 5.74) is 0. The normalized spacial score (nSPS) is 7.43. The quantitative estimate of drug-likeness (QED) is 0.515. The molecule has 0 fully saturated rings. The van der Waals surface area contributed by atoms with Crippen LogP contribution in [0.4, 0.5) is 0 Å². The molecule has 1 radical (unpaired) electrons. The van der Waals surface area contributed by atoms with Gasteiger partial charge in [-0.05, 0) is 12.2 Å². The third kappa shape index (κ3) is 2.09. The van der Waals surface area contributed by atoms with E-state index >= 15 is 0 Å². The molecule has 0 atom stereocenters. The molecule has 1 aromatic heterocycles. The molecule has 1 heterocycles. The van der Waals surface area contributed by atoms with Crippen LogP contribution >= 0.6 is 12.2 Å². The van der Waals surface area contributed by atoms with Gasteiger partial charge in [0, 0.05) is 28.6 Å². The van der Waals surface area contributed by atoms with E-state index in [0.717, 1.165) is 0 Å². The van der Waals surface area contributed by atoms with Crippen LogP contribution in [0.3, 0.4) is 0 Å². The van der Waals surface area contributed by atoms with E-state index in [1.807, 2.05) is 0 Å². The first-order chi connectivity index (χ1) is 2.89. The minimum absolute atomic E-state index is 0. The zero-order valence-electron chi connectivity index (χ0n) is 3.27. The Kier molecular flexibility index (Phi) is 3.29. The molecule has 0 saturated carbocycles. The van der Waals surface area contributed by atoms with E-state index in [2.05, 4.69) is 21.6 Å². The van der Waals surface area contributed by atoms with E-state index in [0.29, 0.717) is 4.84 Å². The molecule has 1 aromatic rings. The number of nitrogens with one attached hydrogen (secondary N) is 1. The van der Waals surface area contributed by atoms with Crippen molar-refractivity contribution in [1.29, 1.82) is 0 Å². The van der Waals surface area contributed by atoms with Crippen LogP contribution in [0.5, 0.6) is 0 Å². The summed E-state index contributed by atoms with van der Waals surface area (Å²) in [5.74, 6) is 0. The molecule has 43 valence electrons. The number of hydrogen-bond acceptors (Lipinski definition) is 2. The van der Waals surface area contributed by atoms with Crippen molar-refractivity contribution in [3.8, 4) is 0 Å². The Hall–Kier alpha value is 0.170. The van der Waals surface area contributed by atoms with Crippen molar-refractivity contribution in [3.63, 3.8) is 0 Å². The molecule has 0 saturated heterocycles. The SMILES string of the molecule is S=c1[nH]cco1.[Ag]. The van der Waals surface area contributed by atoms with Crippen LogP contribution in [0.15, 0.2) is 16.9 Å². The first-order valence-corrected chi connectivity index (χ1v) is 1.92. The Morgan fingerprint density at radius 1 is 1.71 bits per heavy atom. The maximum absolute atomic E-state index is 4.59. The molecule has 7 heavy (non-hydrogen) atoms. The van der Waals surface area contributed by atoms with Crippen molar-refractivity contribution in [2.45, 2.75) is 0 Å². The molecule has 0 aliphatic carbocycles. The molecule has 0 amide bonds. The largest absolute Gasteiger partial charge is 0.438 e. The molecular formula is C3H3AgNOS. The molecule has 4 heteroatoms. The molecule has 1 rings (SSSR count). The Bertz CT molecular complexity index is 153. The maximum Gasteiger partial charge on any atom is 0.265 e. The van der Waals surface area contributed by atoms with Gasteiger partial charge in [0.2, 0.25) is 0 Å². The van der Waals surface area contributed by atoms with Crippen molar-refractivity contribution in [2.75, 3.05) is 0 Å². The summed E-state index contributed by atoms with van der Waals surface area (Å²) in [7, 11) is 0. The van der Waals surface area contributed by atoms with Gasteiger partial charge < -0.3 is 9.40 Å². The molecular weight excluding hydrogens is 206 g/mol. The van der Waals surface area contributed by atoms with Crippen molar-refractivity contribution in [1.82, 2.24) is 4.98 Å². The molecule has 0 unspecified atom stereocenters. The van der Waals surface area contributed by atoms with Crippen LogP contribution in [0.25, 0.3) is 0 Å². The van der Waals surface area contributed by atoms with Crippen molar-refractivity contribution in [2.24, 2.45) is 0 Å². The van der Waals surface area contributed by atoms with E-state index in [9.17, 15) is 0 Å². The third-order valence-electron chi connectivity index (χ3n) is 0.444. The van der Waals surface area contributed by atoms with E-state index in [4.69, 9.17) is 0 Å². The van der Waals surface area contributed by atoms with Crippen molar-refractivity contribution in [3.05, 3.63) is 17.3 Å². The Morgan fingerprint density at radius 2 is 2.43 bits per heavy atom. The first kappa shape index (κ1) is 7.17. The molecule has 2 nitrogen and oxygen atoms in total. The second-order valence-corrected chi connectivity index (χ2v) is 1.22. The summed E-state index contributed by atoms with van der Waals surface area (Å²) in [6, 6.07) is 0. The predicted octanol–water partition coefficient (Wildman–Crippen LogP) is 1.33. The summed E-state index contributed by atoms with van der Waals surface area (Å²) in [5, 5.41) is 0. The summed E-state index contributed by atoms with van der Waals surface area (Å²) in [6.07, 6.45) is 3.14. The maximum atomic E-state index is 4.59. The summed E-state index contributed by atoms with van der Waals surface area (Å²) >= 11 is 4.52. The number of aromatic amines is 1. The van der Waals surface area contributed by atoms with Gasteiger partial charge in [-0.3, -0.25) is 0 Å². The number of oxazole rings is 1. The van der Waals surface area contributed by atoms with Gasteiger partial charge in [-0.1, -0.05) is 0 Å². The third-order valence-corrected chi connectivity index (χ3v) is 0.658. The Balaban J connectivity index is 0.000000360. The minimum atomic E-state index is 0.